The molecule has 17 heavy (non-hydrogen) atoms. The van der Waals surface area contributed by atoms with Crippen LogP contribution in [0.4, 0.5) is 0 Å². The van der Waals surface area contributed by atoms with E-state index in [1.165, 1.54) is 38.5 Å². The Kier molecular flexibility index (Phi) is 8.67. The molecule has 0 bridgehead atoms. The Balaban J connectivity index is 1.84. The van der Waals surface area contributed by atoms with Crippen molar-refractivity contribution >= 4 is 0 Å². The minimum atomic E-state index is -0.142. The number of rotatable bonds is 10. The van der Waals surface area contributed by atoms with E-state index in [1.54, 1.807) is 7.11 Å². The number of aliphatic hydroxyl groups excluding tert-OH is 1. The van der Waals surface area contributed by atoms with E-state index in [9.17, 15) is 5.11 Å². The molecule has 3 heteroatoms. The summed E-state index contributed by atoms with van der Waals surface area (Å²) < 4.78 is 5.00. The second-order valence-electron chi connectivity index (χ2n) is 5.30. The van der Waals surface area contributed by atoms with Crippen molar-refractivity contribution in [3.05, 3.63) is 0 Å². The Hall–Kier alpha value is -0.120. The minimum absolute atomic E-state index is 0.142. The molecule has 1 rings (SSSR count). The maximum absolute atomic E-state index is 9.87. The van der Waals surface area contributed by atoms with Gasteiger partial charge in [-0.05, 0) is 38.1 Å². The van der Waals surface area contributed by atoms with Crippen molar-refractivity contribution in [1.82, 2.24) is 5.32 Å². The zero-order chi connectivity index (χ0) is 12.3. The quantitative estimate of drug-likeness (QED) is 0.579. The first-order valence-electron chi connectivity index (χ1n) is 7.20. The van der Waals surface area contributed by atoms with Gasteiger partial charge in [0.05, 0.1) is 6.10 Å². The Morgan fingerprint density at radius 1 is 1.24 bits per heavy atom. The van der Waals surface area contributed by atoms with Gasteiger partial charge in [0.2, 0.25) is 0 Å². The third kappa shape index (κ3) is 7.74. The second-order valence-corrected chi connectivity index (χ2v) is 5.30. The molecule has 1 unspecified atom stereocenters. The molecule has 0 radical (unpaired) electrons. The zero-order valence-electron chi connectivity index (χ0n) is 11.3. The first kappa shape index (κ1) is 14.9. The van der Waals surface area contributed by atoms with Crippen molar-refractivity contribution in [2.24, 2.45) is 5.92 Å². The van der Waals surface area contributed by atoms with E-state index in [0.717, 1.165) is 38.5 Å². The van der Waals surface area contributed by atoms with E-state index in [-0.39, 0.29) is 6.10 Å². The lowest BCUT2D eigenvalue weighted by Crippen LogP contribution is -2.29. The van der Waals surface area contributed by atoms with Crippen LogP contribution in [0.1, 0.15) is 51.4 Å². The molecule has 1 atom stereocenters. The molecule has 0 aromatic heterocycles. The van der Waals surface area contributed by atoms with Gasteiger partial charge >= 0.3 is 0 Å². The molecular weight excluding hydrogens is 214 g/mol. The molecule has 0 aromatic carbocycles. The highest BCUT2D eigenvalue weighted by Gasteiger charge is 2.18. The van der Waals surface area contributed by atoms with Gasteiger partial charge < -0.3 is 15.2 Å². The summed E-state index contributed by atoms with van der Waals surface area (Å²) in [6, 6.07) is 0. The molecule has 1 aliphatic rings. The van der Waals surface area contributed by atoms with E-state index in [0.29, 0.717) is 0 Å². The predicted molar refractivity (Wildman–Crippen MR) is 71.2 cm³/mol. The molecule has 2 N–H and O–H groups in total. The van der Waals surface area contributed by atoms with Crippen molar-refractivity contribution in [2.75, 3.05) is 26.8 Å². The van der Waals surface area contributed by atoms with Crippen LogP contribution in [0.2, 0.25) is 0 Å². The van der Waals surface area contributed by atoms with Gasteiger partial charge in [0.1, 0.15) is 0 Å². The molecule has 0 spiro atoms. The molecule has 3 nitrogen and oxygen atoms in total. The largest absolute Gasteiger partial charge is 0.392 e. The summed E-state index contributed by atoms with van der Waals surface area (Å²) in [6.45, 7) is 2.65. The average Bonchev–Trinajstić information content (AvgIpc) is 2.80. The van der Waals surface area contributed by atoms with Crippen LogP contribution >= 0.6 is 0 Å². The van der Waals surface area contributed by atoms with Crippen molar-refractivity contribution < 1.29 is 9.84 Å². The Labute approximate surface area is 106 Å². The summed E-state index contributed by atoms with van der Waals surface area (Å²) in [5.74, 6) is 0.786. The molecule has 1 aliphatic carbocycles. The third-order valence-electron chi connectivity index (χ3n) is 3.66. The lowest BCUT2D eigenvalue weighted by Gasteiger charge is -2.15. The van der Waals surface area contributed by atoms with Crippen LogP contribution in [0.3, 0.4) is 0 Å². The van der Waals surface area contributed by atoms with Crippen LogP contribution in [0.15, 0.2) is 0 Å². The first-order chi connectivity index (χ1) is 8.33. The maximum atomic E-state index is 9.87. The number of nitrogens with one attached hydrogen (secondary N) is 1. The number of ether oxygens (including phenoxy) is 1. The number of methoxy groups -OCH3 is 1. The van der Waals surface area contributed by atoms with Gasteiger partial charge in [-0.15, -0.1) is 0 Å². The van der Waals surface area contributed by atoms with E-state index >= 15 is 0 Å². The van der Waals surface area contributed by atoms with Crippen LogP contribution in [0, 0.1) is 5.92 Å². The zero-order valence-corrected chi connectivity index (χ0v) is 11.3. The molecule has 1 saturated carbocycles. The van der Waals surface area contributed by atoms with E-state index in [4.69, 9.17) is 4.74 Å². The topological polar surface area (TPSA) is 41.5 Å². The van der Waals surface area contributed by atoms with E-state index < -0.39 is 0 Å². The summed E-state index contributed by atoms with van der Waals surface area (Å²) in [7, 11) is 1.75. The van der Waals surface area contributed by atoms with Gasteiger partial charge in [-0.3, -0.25) is 0 Å². The molecule has 0 saturated heterocycles. The number of hydrogen-bond acceptors (Lipinski definition) is 3. The Morgan fingerprint density at radius 3 is 2.71 bits per heavy atom. The van der Waals surface area contributed by atoms with Gasteiger partial charge in [0, 0.05) is 20.3 Å². The van der Waals surface area contributed by atoms with Crippen molar-refractivity contribution in [2.45, 2.75) is 57.5 Å². The highest BCUT2D eigenvalue weighted by Crippen LogP contribution is 2.28. The van der Waals surface area contributed by atoms with Gasteiger partial charge in [-0.2, -0.15) is 0 Å². The monoisotopic (exact) mass is 243 g/mol. The smallest absolute Gasteiger partial charge is 0.0667 e. The second kappa shape index (κ2) is 9.86. The van der Waals surface area contributed by atoms with Crippen molar-refractivity contribution in [3.63, 3.8) is 0 Å². The molecule has 0 heterocycles. The summed E-state index contributed by atoms with van der Waals surface area (Å²) >= 11 is 0. The van der Waals surface area contributed by atoms with Crippen LogP contribution in [-0.2, 0) is 4.74 Å². The highest BCUT2D eigenvalue weighted by atomic mass is 16.5. The van der Waals surface area contributed by atoms with Gasteiger partial charge in [0.15, 0.2) is 0 Å². The van der Waals surface area contributed by atoms with Crippen LogP contribution in [-0.4, -0.2) is 38.0 Å². The Morgan fingerprint density at radius 2 is 2.00 bits per heavy atom. The maximum Gasteiger partial charge on any atom is 0.0667 e. The number of hydrogen-bond donors (Lipinski definition) is 2. The molecule has 0 aromatic rings. The predicted octanol–water partition coefficient (Wildman–Crippen LogP) is 2.33. The van der Waals surface area contributed by atoms with Gasteiger partial charge in [-0.25, -0.2) is 0 Å². The van der Waals surface area contributed by atoms with Crippen LogP contribution < -0.4 is 5.32 Å². The van der Waals surface area contributed by atoms with Crippen molar-refractivity contribution in [1.29, 1.82) is 0 Å². The minimum Gasteiger partial charge on any atom is -0.392 e. The highest BCUT2D eigenvalue weighted by molar-refractivity contribution is 4.72. The molecular formula is C14H29NO2. The standard InChI is InChI=1S/C14H29NO2/c1-17-10-6-2-5-9-15-12-14(16)11-13-7-3-4-8-13/h13-16H,2-12H2,1H3. The lowest BCUT2D eigenvalue weighted by molar-refractivity contribution is 0.140. The normalized spacial score (nSPS) is 18.7. The summed E-state index contributed by atoms with van der Waals surface area (Å²) in [4.78, 5) is 0. The van der Waals surface area contributed by atoms with Gasteiger partial charge in [-0.1, -0.05) is 25.7 Å². The average molecular weight is 243 g/mol. The summed E-state index contributed by atoms with van der Waals surface area (Å²) in [6.07, 6.45) is 9.77. The SMILES string of the molecule is COCCCCCNCC(O)CC1CCCC1. The molecule has 0 aliphatic heterocycles. The molecule has 102 valence electrons. The van der Waals surface area contributed by atoms with Crippen molar-refractivity contribution in [3.8, 4) is 0 Å². The lowest BCUT2D eigenvalue weighted by atomic mass is 10.00. The first-order valence-corrected chi connectivity index (χ1v) is 7.20. The number of aliphatic hydroxyl groups is 1. The fourth-order valence-corrected chi connectivity index (χ4v) is 2.66. The van der Waals surface area contributed by atoms with Crippen LogP contribution in [0.25, 0.3) is 0 Å². The third-order valence-corrected chi connectivity index (χ3v) is 3.66. The molecule has 1 fully saturated rings. The summed E-state index contributed by atoms with van der Waals surface area (Å²) in [5.41, 5.74) is 0. The van der Waals surface area contributed by atoms with E-state index in [2.05, 4.69) is 5.32 Å². The van der Waals surface area contributed by atoms with Crippen LogP contribution in [0.5, 0.6) is 0 Å². The fraction of sp³-hybridized carbons (Fsp3) is 1.00. The Bertz CT molecular complexity index is 170. The molecule has 0 amide bonds. The fourth-order valence-electron chi connectivity index (χ4n) is 2.66. The number of unbranched alkanes of at least 4 members (excludes halogenated alkanes) is 2. The summed E-state index contributed by atoms with van der Waals surface area (Å²) in [5, 5.41) is 13.2. The van der Waals surface area contributed by atoms with E-state index in [1.807, 2.05) is 0 Å². The van der Waals surface area contributed by atoms with Gasteiger partial charge in [0.25, 0.3) is 0 Å².